The van der Waals surface area contributed by atoms with Crippen molar-refractivity contribution in [1.29, 1.82) is 5.26 Å². The zero-order valence-corrected chi connectivity index (χ0v) is 31.0. The minimum absolute atomic E-state index is 0.200. The first-order valence-electron chi connectivity index (χ1n) is 18.2. The maximum atomic E-state index is 9.81. The fraction of sp³-hybridized carbons (Fsp3) is 0.357. The maximum absolute atomic E-state index is 9.81. The number of nitriles is 1. The number of nitrogens with zero attached hydrogens (tertiary/aromatic N) is 5. The summed E-state index contributed by atoms with van der Waals surface area (Å²) in [6.45, 7) is 10.3. The number of pyridine rings is 1. The number of hydrogen-bond donors (Lipinski definition) is 2. The van der Waals surface area contributed by atoms with Crippen LogP contribution in [0.5, 0.6) is 17.2 Å². The predicted octanol–water partition coefficient (Wildman–Crippen LogP) is 7.17. The van der Waals surface area contributed by atoms with E-state index in [0.29, 0.717) is 41.8 Å². The van der Waals surface area contributed by atoms with Crippen molar-refractivity contribution < 1.29 is 19.3 Å². The molecular formula is C42H45ClN6O4. The number of H-pyrrole nitrogens is 1. The van der Waals surface area contributed by atoms with Crippen molar-refractivity contribution in [2.75, 3.05) is 32.8 Å². The number of halogens is 1. The number of hydrogen-bond acceptors (Lipinski definition) is 9. The van der Waals surface area contributed by atoms with E-state index < -0.39 is 0 Å². The second kappa shape index (κ2) is 16.8. The summed E-state index contributed by atoms with van der Waals surface area (Å²) in [7, 11) is 0. The molecule has 0 amide bonds. The summed E-state index contributed by atoms with van der Waals surface area (Å²) in [5.41, 5.74) is 10.1. The molecular weight excluding hydrogens is 688 g/mol. The van der Waals surface area contributed by atoms with Crippen LogP contribution in [0.25, 0.3) is 11.1 Å². The standard InChI is InChI=1S/C42H45ClN6O4/c1-28-33(6-3-7-36(28)37-8-4-9-40(29(37)2)51-15-5-12-48-14-11-35(50)24-48)27-53-42-18-41(52-26-31-16-30(19-44)20-45-21-31)34(17-38(42)43)23-49-13-10-32-22-46-47-39(32)25-49/h3-4,6-9,16-18,20-22,35,50H,5,10-15,23-27H2,1-2H3,(H,46,47). The third kappa shape index (κ3) is 8.83. The first-order valence-corrected chi connectivity index (χ1v) is 18.6. The van der Waals surface area contributed by atoms with Crippen molar-refractivity contribution in [2.45, 2.75) is 65.5 Å². The molecule has 0 radical (unpaired) electrons. The number of β-amino-alcohol motifs (C(OH)–C–C–N with tert-alkyl or cyclic N) is 1. The van der Waals surface area contributed by atoms with Crippen molar-refractivity contribution >= 4 is 11.6 Å². The Hall–Kier alpha value is -4.92. The quantitative estimate of drug-likeness (QED) is 0.115. The molecule has 3 aromatic carbocycles. The number of rotatable bonds is 14. The van der Waals surface area contributed by atoms with Crippen molar-refractivity contribution in [1.82, 2.24) is 25.0 Å². The van der Waals surface area contributed by atoms with Crippen molar-refractivity contribution in [3.05, 3.63) is 123 Å². The summed E-state index contributed by atoms with van der Waals surface area (Å²) in [6, 6.07) is 20.2. The third-order valence-electron chi connectivity index (χ3n) is 10.2. The SMILES string of the molecule is Cc1c(COc2cc(OCc3cncc(C#N)c3)c(CN3CCc4cn[nH]c4C3)cc2Cl)cccc1-c1cccc(OCCCN2CCC(O)C2)c1C. The Labute approximate surface area is 315 Å². The molecule has 1 atom stereocenters. The molecule has 0 saturated carbocycles. The van der Waals surface area contributed by atoms with E-state index in [-0.39, 0.29) is 12.7 Å². The third-order valence-corrected chi connectivity index (χ3v) is 10.5. The van der Waals surface area contributed by atoms with Gasteiger partial charge in [-0.05, 0) is 84.7 Å². The Morgan fingerprint density at radius 3 is 2.57 bits per heavy atom. The largest absolute Gasteiger partial charge is 0.493 e. The highest BCUT2D eigenvalue weighted by Crippen LogP contribution is 2.37. The van der Waals surface area contributed by atoms with Crippen molar-refractivity contribution in [3.8, 4) is 34.4 Å². The zero-order valence-electron chi connectivity index (χ0n) is 30.3. The molecule has 274 valence electrons. The molecule has 1 saturated heterocycles. The van der Waals surface area contributed by atoms with E-state index in [1.54, 1.807) is 12.3 Å². The summed E-state index contributed by atoms with van der Waals surface area (Å²) < 4.78 is 19.1. The zero-order chi connectivity index (χ0) is 36.7. The summed E-state index contributed by atoms with van der Waals surface area (Å²) in [5.74, 6) is 2.08. The predicted molar refractivity (Wildman–Crippen MR) is 204 cm³/mol. The van der Waals surface area contributed by atoms with Gasteiger partial charge in [-0.25, -0.2) is 0 Å². The molecule has 1 fully saturated rings. The normalized spacial score (nSPS) is 15.9. The lowest BCUT2D eigenvalue weighted by atomic mass is 9.93. The van der Waals surface area contributed by atoms with Gasteiger partial charge >= 0.3 is 0 Å². The van der Waals surface area contributed by atoms with E-state index in [2.05, 4.69) is 69.2 Å². The molecule has 1 unspecified atom stereocenters. The summed E-state index contributed by atoms with van der Waals surface area (Å²) in [4.78, 5) is 8.83. The molecule has 10 nitrogen and oxygen atoms in total. The number of aromatic amines is 1. The Balaban J connectivity index is 1.06. The summed E-state index contributed by atoms with van der Waals surface area (Å²) >= 11 is 6.92. The number of benzene rings is 3. The minimum atomic E-state index is -0.200. The average molecular weight is 733 g/mol. The number of likely N-dealkylation sites (tertiary alicyclic amines) is 1. The lowest BCUT2D eigenvalue weighted by Crippen LogP contribution is -2.30. The fourth-order valence-electron chi connectivity index (χ4n) is 7.22. The first kappa shape index (κ1) is 36.4. The van der Waals surface area contributed by atoms with Crippen LogP contribution in [0.2, 0.25) is 5.02 Å². The second-order valence-electron chi connectivity index (χ2n) is 14.0. The molecule has 0 aliphatic carbocycles. The summed E-state index contributed by atoms with van der Waals surface area (Å²) in [5, 5.41) is 27.0. The highest BCUT2D eigenvalue weighted by Gasteiger charge is 2.22. The number of aliphatic hydroxyl groups is 1. The van der Waals surface area contributed by atoms with E-state index in [1.807, 2.05) is 30.5 Å². The first-order chi connectivity index (χ1) is 25.8. The van der Waals surface area contributed by atoms with Crippen molar-refractivity contribution in [2.24, 2.45) is 0 Å². The van der Waals surface area contributed by atoms with E-state index in [1.165, 1.54) is 11.8 Å². The van der Waals surface area contributed by atoms with Gasteiger partial charge in [0.1, 0.15) is 36.5 Å². The minimum Gasteiger partial charge on any atom is -0.493 e. The van der Waals surface area contributed by atoms with Gasteiger partial charge in [-0.1, -0.05) is 41.9 Å². The molecule has 2 aliphatic heterocycles. The lowest BCUT2D eigenvalue weighted by Gasteiger charge is -2.27. The van der Waals surface area contributed by atoms with Crippen LogP contribution >= 0.6 is 11.6 Å². The lowest BCUT2D eigenvalue weighted by molar-refractivity contribution is 0.173. The van der Waals surface area contributed by atoms with Gasteiger partial charge in [0.05, 0.1) is 35.2 Å². The number of fused-ring (bicyclic) bond motifs is 1. The van der Waals surface area contributed by atoms with Gasteiger partial charge in [0, 0.05) is 68.9 Å². The number of ether oxygens (including phenoxy) is 3. The smallest absolute Gasteiger partial charge is 0.142 e. The van der Waals surface area contributed by atoms with Gasteiger partial charge < -0.3 is 24.2 Å². The number of nitrogens with one attached hydrogen (secondary N) is 1. The van der Waals surface area contributed by atoms with Crippen LogP contribution in [0.1, 0.15) is 57.5 Å². The van der Waals surface area contributed by atoms with Crippen LogP contribution in [0, 0.1) is 25.2 Å². The Morgan fingerprint density at radius 1 is 0.906 bits per heavy atom. The molecule has 11 heteroatoms. The van der Waals surface area contributed by atoms with Crippen LogP contribution in [0.3, 0.4) is 0 Å². The van der Waals surface area contributed by atoms with Crippen LogP contribution in [-0.4, -0.2) is 69.0 Å². The molecule has 4 heterocycles. The van der Waals surface area contributed by atoms with Gasteiger partial charge in [-0.3, -0.25) is 15.0 Å². The monoisotopic (exact) mass is 732 g/mol. The van der Waals surface area contributed by atoms with Gasteiger partial charge in [0.2, 0.25) is 0 Å². The van der Waals surface area contributed by atoms with Crippen LogP contribution in [-0.2, 0) is 32.7 Å². The molecule has 0 spiro atoms. The maximum Gasteiger partial charge on any atom is 0.142 e. The molecule has 0 bridgehead atoms. The van der Waals surface area contributed by atoms with Crippen LogP contribution in [0.4, 0.5) is 0 Å². The average Bonchev–Trinajstić information content (AvgIpc) is 3.82. The van der Waals surface area contributed by atoms with E-state index in [4.69, 9.17) is 25.8 Å². The van der Waals surface area contributed by atoms with Gasteiger partial charge in [-0.2, -0.15) is 10.4 Å². The van der Waals surface area contributed by atoms with Crippen molar-refractivity contribution in [3.63, 3.8) is 0 Å². The van der Waals surface area contributed by atoms with E-state index in [0.717, 1.165) is 102 Å². The molecule has 2 aliphatic rings. The van der Waals surface area contributed by atoms with E-state index >= 15 is 0 Å². The Bertz CT molecular complexity index is 2090. The molecule has 5 aromatic rings. The topological polar surface area (TPSA) is 120 Å². The molecule has 7 rings (SSSR count). The highest BCUT2D eigenvalue weighted by atomic mass is 35.5. The van der Waals surface area contributed by atoms with Gasteiger partial charge in [0.25, 0.3) is 0 Å². The number of aliphatic hydroxyl groups excluding tert-OH is 1. The number of aromatic nitrogens is 3. The molecule has 2 N–H and O–H groups in total. The Kier molecular flexibility index (Phi) is 11.6. The fourth-order valence-corrected chi connectivity index (χ4v) is 7.46. The van der Waals surface area contributed by atoms with Crippen LogP contribution < -0.4 is 14.2 Å². The van der Waals surface area contributed by atoms with Gasteiger partial charge in [-0.15, -0.1) is 0 Å². The van der Waals surface area contributed by atoms with Gasteiger partial charge in [0.15, 0.2) is 0 Å². The molecule has 53 heavy (non-hydrogen) atoms. The second-order valence-corrected chi connectivity index (χ2v) is 14.4. The molecule has 2 aromatic heterocycles. The van der Waals surface area contributed by atoms with E-state index in [9.17, 15) is 10.4 Å². The van der Waals surface area contributed by atoms with Crippen LogP contribution in [0.15, 0.2) is 73.2 Å². The highest BCUT2D eigenvalue weighted by molar-refractivity contribution is 6.32. The summed E-state index contributed by atoms with van der Waals surface area (Å²) in [6.07, 6.45) is 7.64. The Morgan fingerprint density at radius 2 is 1.74 bits per heavy atom.